The fraction of sp³-hybridized carbons (Fsp3) is 0.684. The van der Waals surface area contributed by atoms with Gasteiger partial charge in [-0.1, -0.05) is 0 Å². The second kappa shape index (κ2) is 6.96. The molecule has 0 atom stereocenters. The van der Waals surface area contributed by atoms with Gasteiger partial charge in [-0.3, -0.25) is 4.90 Å². The van der Waals surface area contributed by atoms with Gasteiger partial charge in [0.25, 0.3) is 5.89 Å². The second-order valence-electron chi connectivity index (χ2n) is 8.19. The molecule has 0 aromatic carbocycles. The molecule has 1 saturated carbocycles. The lowest BCUT2D eigenvalue weighted by molar-refractivity contribution is 0.154. The van der Waals surface area contributed by atoms with E-state index in [0.717, 1.165) is 31.6 Å². The molecule has 28 heavy (non-hydrogen) atoms. The molecule has 154 valence electrons. The molecule has 3 heterocycles. The molecule has 0 N–H and O–H groups in total. The predicted octanol–water partition coefficient (Wildman–Crippen LogP) is 2.28. The van der Waals surface area contributed by atoms with Crippen LogP contribution in [-0.4, -0.2) is 64.6 Å². The zero-order valence-electron chi connectivity index (χ0n) is 17.3. The largest absolute Gasteiger partial charge is 0.420 e. The molecule has 0 bridgehead atoms. The molecule has 1 saturated heterocycles. The molecular formula is C19H29N5O3S. The van der Waals surface area contributed by atoms with Crippen molar-refractivity contribution in [2.24, 2.45) is 7.05 Å². The average Bonchev–Trinajstić information content (AvgIpc) is 3.36. The summed E-state index contributed by atoms with van der Waals surface area (Å²) in [7, 11) is -1.78. The minimum Gasteiger partial charge on any atom is -0.420 e. The summed E-state index contributed by atoms with van der Waals surface area (Å²) < 4.78 is 36.6. The van der Waals surface area contributed by atoms with Gasteiger partial charge in [-0.2, -0.15) is 4.31 Å². The van der Waals surface area contributed by atoms with E-state index >= 15 is 0 Å². The minimum atomic E-state index is -3.66. The summed E-state index contributed by atoms with van der Waals surface area (Å²) in [5.41, 5.74) is 2.07. The van der Waals surface area contributed by atoms with Crippen molar-refractivity contribution < 1.29 is 12.8 Å². The Bertz CT molecular complexity index is 980. The van der Waals surface area contributed by atoms with Gasteiger partial charge in [0.1, 0.15) is 4.90 Å². The lowest BCUT2D eigenvalue weighted by Crippen LogP contribution is -2.50. The number of piperazine rings is 1. The van der Waals surface area contributed by atoms with Gasteiger partial charge in [0.05, 0.1) is 5.56 Å². The van der Waals surface area contributed by atoms with Crippen LogP contribution < -0.4 is 0 Å². The first-order valence-electron chi connectivity index (χ1n) is 9.95. The topological polar surface area (TPSA) is 84.5 Å². The van der Waals surface area contributed by atoms with E-state index in [1.54, 1.807) is 4.31 Å². The molecule has 0 amide bonds. The highest BCUT2D eigenvalue weighted by atomic mass is 32.2. The Kier molecular flexibility index (Phi) is 4.87. The first-order valence-corrected chi connectivity index (χ1v) is 11.4. The maximum Gasteiger partial charge on any atom is 0.250 e. The Morgan fingerprint density at radius 2 is 1.68 bits per heavy atom. The highest BCUT2D eigenvalue weighted by Crippen LogP contribution is 2.42. The lowest BCUT2D eigenvalue weighted by Gasteiger charge is -2.36. The van der Waals surface area contributed by atoms with Crippen LogP contribution in [0, 0.1) is 13.8 Å². The summed E-state index contributed by atoms with van der Waals surface area (Å²) in [5.74, 6) is 1.25. The molecule has 2 aliphatic rings. The van der Waals surface area contributed by atoms with Gasteiger partial charge in [-0.15, -0.1) is 10.2 Å². The van der Waals surface area contributed by atoms with Crippen molar-refractivity contribution in [3.05, 3.63) is 17.3 Å². The van der Waals surface area contributed by atoms with Crippen LogP contribution in [0.5, 0.6) is 0 Å². The zero-order chi connectivity index (χ0) is 20.2. The summed E-state index contributed by atoms with van der Waals surface area (Å²) in [4.78, 5) is 2.60. The Morgan fingerprint density at radius 1 is 1.04 bits per heavy atom. The van der Waals surface area contributed by atoms with Crippen molar-refractivity contribution in [3.63, 3.8) is 0 Å². The van der Waals surface area contributed by atoms with E-state index in [1.165, 1.54) is 0 Å². The number of hydrogen-bond donors (Lipinski definition) is 0. The van der Waals surface area contributed by atoms with Crippen LogP contribution in [-0.2, 0) is 17.1 Å². The van der Waals surface area contributed by atoms with Gasteiger partial charge < -0.3 is 8.98 Å². The summed E-state index contributed by atoms with van der Waals surface area (Å²) in [5, 5.41) is 8.35. The van der Waals surface area contributed by atoms with Crippen LogP contribution in [0.2, 0.25) is 0 Å². The fourth-order valence-corrected chi connectivity index (χ4v) is 5.81. The first-order chi connectivity index (χ1) is 13.2. The smallest absolute Gasteiger partial charge is 0.250 e. The van der Waals surface area contributed by atoms with E-state index in [0.29, 0.717) is 53.0 Å². The maximum absolute atomic E-state index is 13.6. The third kappa shape index (κ3) is 3.19. The molecular weight excluding hydrogens is 378 g/mol. The predicted molar refractivity (Wildman–Crippen MR) is 106 cm³/mol. The van der Waals surface area contributed by atoms with Gasteiger partial charge in [-0.05, 0) is 40.5 Å². The summed E-state index contributed by atoms with van der Waals surface area (Å²) >= 11 is 0. The molecule has 1 aliphatic heterocycles. The van der Waals surface area contributed by atoms with Gasteiger partial charge >= 0.3 is 0 Å². The summed E-state index contributed by atoms with van der Waals surface area (Å²) in [6.07, 6.45) is 2.11. The Labute approximate surface area is 166 Å². The molecule has 2 fully saturated rings. The van der Waals surface area contributed by atoms with Gasteiger partial charge in [-0.25, -0.2) is 8.42 Å². The SMILES string of the molecule is Cc1c(-c2nnc(C3CC3)o2)c(S(=O)(=O)N2CCN(C(C)C)CC2)c(C)n1C. The normalized spacial score (nSPS) is 19.6. The van der Waals surface area contributed by atoms with Crippen molar-refractivity contribution in [3.8, 4) is 11.5 Å². The highest BCUT2D eigenvalue weighted by Gasteiger charge is 2.37. The van der Waals surface area contributed by atoms with Crippen molar-refractivity contribution in [1.29, 1.82) is 0 Å². The molecule has 2 aromatic heterocycles. The van der Waals surface area contributed by atoms with Crippen molar-refractivity contribution in [1.82, 2.24) is 24.0 Å². The van der Waals surface area contributed by atoms with Crippen molar-refractivity contribution >= 4 is 10.0 Å². The van der Waals surface area contributed by atoms with E-state index in [4.69, 9.17) is 4.42 Å². The van der Waals surface area contributed by atoms with Crippen LogP contribution in [0.15, 0.2) is 9.31 Å². The van der Waals surface area contributed by atoms with E-state index in [1.807, 2.05) is 25.5 Å². The Morgan fingerprint density at radius 3 is 2.25 bits per heavy atom. The van der Waals surface area contributed by atoms with E-state index in [9.17, 15) is 8.42 Å². The molecule has 8 nitrogen and oxygen atoms in total. The maximum atomic E-state index is 13.6. The fourth-order valence-electron chi connectivity index (χ4n) is 3.90. The van der Waals surface area contributed by atoms with Crippen LogP contribution in [0.1, 0.15) is 49.9 Å². The molecule has 1 aliphatic carbocycles. The third-order valence-corrected chi connectivity index (χ3v) is 8.17. The van der Waals surface area contributed by atoms with Gasteiger partial charge in [0.2, 0.25) is 15.9 Å². The second-order valence-corrected chi connectivity index (χ2v) is 10.1. The van der Waals surface area contributed by atoms with Gasteiger partial charge in [0.15, 0.2) is 0 Å². The van der Waals surface area contributed by atoms with Crippen molar-refractivity contribution in [2.45, 2.75) is 57.4 Å². The molecule has 9 heteroatoms. The molecule has 0 spiro atoms. The van der Waals surface area contributed by atoms with Crippen LogP contribution >= 0.6 is 0 Å². The van der Waals surface area contributed by atoms with Crippen LogP contribution in [0.3, 0.4) is 0 Å². The minimum absolute atomic E-state index is 0.302. The standard InChI is InChI=1S/C19H29N5O3S/c1-12(2)23-8-10-24(11-9-23)28(25,26)17-14(4)22(5)13(3)16(17)19-21-20-18(27-19)15-6-7-15/h12,15H,6-11H2,1-5H3. The summed E-state index contributed by atoms with van der Waals surface area (Å²) in [6.45, 7) is 10.5. The lowest BCUT2D eigenvalue weighted by atomic mass is 10.2. The quantitative estimate of drug-likeness (QED) is 0.756. The average molecular weight is 408 g/mol. The number of rotatable bonds is 5. The molecule has 0 radical (unpaired) electrons. The van der Waals surface area contributed by atoms with E-state index in [2.05, 4.69) is 28.9 Å². The number of aromatic nitrogens is 3. The highest BCUT2D eigenvalue weighted by molar-refractivity contribution is 7.89. The monoisotopic (exact) mass is 407 g/mol. The van der Waals surface area contributed by atoms with Crippen LogP contribution in [0.4, 0.5) is 0 Å². The Hall–Kier alpha value is -1.71. The van der Waals surface area contributed by atoms with E-state index in [-0.39, 0.29) is 0 Å². The number of nitrogens with zero attached hydrogens (tertiary/aromatic N) is 5. The molecule has 0 unspecified atom stereocenters. The van der Waals surface area contributed by atoms with E-state index < -0.39 is 10.0 Å². The molecule has 2 aromatic rings. The van der Waals surface area contributed by atoms with Gasteiger partial charge in [0, 0.05) is 56.6 Å². The number of sulfonamides is 1. The van der Waals surface area contributed by atoms with Crippen molar-refractivity contribution in [2.75, 3.05) is 26.2 Å². The first kappa shape index (κ1) is 19.6. The Balaban J connectivity index is 1.73. The zero-order valence-corrected chi connectivity index (χ0v) is 18.1. The third-order valence-electron chi connectivity index (χ3n) is 6.11. The number of hydrogen-bond acceptors (Lipinski definition) is 6. The summed E-state index contributed by atoms with van der Waals surface area (Å²) in [6, 6.07) is 0.417. The van der Waals surface area contributed by atoms with Crippen LogP contribution in [0.25, 0.3) is 11.5 Å². The molecule has 4 rings (SSSR count).